The lowest BCUT2D eigenvalue weighted by Gasteiger charge is -2.32. The highest BCUT2D eigenvalue weighted by Gasteiger charge is 2.33. The molecule has 0 radical (unpaired) electrons. The van der Waals surface area contributed by atoms with Gasteiger partial charge in [0.05, 0.1) is 17.5 Å². The van der Waals surface area contributed by atoms with Crippen LogP contribution in [0.4, 0.5) is 5.69 Å². The SMILES string of the molecule is O=C1CSc2ccccc2N1CC(=O)N1CCCC1c1ccccc1. The van der Waals surface area contributed by atoms with Crippen molar-refractivity contribution in [2.24, 2.45) is 0 Å². The van der Waals surface area contributed by atoms with Crippen molar-refractivity contribution < 1.29 is 9.59 Å². The highest BCUT2D eigenvalue weighted by Crippen LogP contribution is 2.36. The summed E-state index contributed by atoms with van der Waals surface area (Å²) in [7, 11) is 0. The smallest absolute Gasteiger partial charge is 0.243 e. The van der Waals surface area contributed by atoms with E-state index in [4.69, 9.17) is 0 Å². The Labute approximate surface area is 151 Å². The number of thioether (sulfide) groups is 1. The van der Waals surface area contributed by atoms with Gasteiger partial charge in [0.25, 0.3) is 0 Å². The molecule has 0 N–H and O–H groups in total. The zero-order chi connectivity index (χ0) is 17.2. The molecule has 0 saturated carbocycles. The molecule has 25 heavy (non-hydrogen) atoms. The van der Waals surface area contributed by atoms with Gasteiger partial charge in [-0.1, -0.05) is 42.5 Å². The van der Waals surface area contributed by atoms with Crippen LogP contribution in [0.25, 0.3) is 0 Å². The van der Waals surface area contributed by atoms with E-state index in [0.29, 0.717) is 5.75 Å². The molecule has 2 aromatic rings. The Kier molecular flexibility index (Phi) is 4.49. The van der Waals surface area contributed by atoms with Crippen LogP contribution in [-0.2, 0) is 9.59 Å². The summed E-state index contributed by atoms with van der Waals surface area (Å²) in [6, 6.07) is 18.1. The summed E-state index contributed by atoms with van der Waals surface area (Å²) in [5, 5.41) is 0. The third-order valence-corrected chi connectivity index (χ3v) is 5.91. The van der Waals surface area contributed by atoms with Crippen LogP contribution in [0.2, 0.25) is 0 Å². The fourth-order valence-electron chi connectivity index (χ4n) is 3.64. The molecule has 2 aliphatic rings. The first kappa shape index (κ1) is 16.2. The Morgan fingerprint density at radius 3 is 2.68 bits per heavy atom. The van der Waals surface area contributed by atoms with E-state index in [0.717, 1.165) is 30.0 Å². The minimum atomic E-state index is 0.00695. The van der Waals surface area contributed by atoms with E-state index in [1.807, 2.05) is 47.4 Å². The van der Waals surface area contributed by atoms with Crippen LogP contribution in [0.5, 0.6) is 0 Å². The predicted octanol–water partition coefficient (Wildman–Crippen LogP) is 3.49. The van der Waals surface area contributed by atoms with Crippen LogP contribution in [0.15, 0.2) is 59.5 Å². The first-order chi connectivity index (χ1) is 12.2. The van der Waals surface area contributed by atoms with E-state index in [-0.39, 0.29) is 24.4 Å². The van der Waals surface area contributed by atoms with Gasteiger partial charge in [-0.15, -0.1) is 11.8 Å². The van der Waals surface area contributed by atoms with Crippen LogP contribution in [-0.4, -0.2) is 35.6 Å². The van der Waals surface area contributed by atoms with Gasteiger partial charge in [0.1, 0.15) is 6.54 Å². The van der Waals surface area contributed by atoms with Gasteiger partial charge in [-0.2, -0.15) is 0 Å². The Morgan fingerprint density at radius 2 is 1.84 bits per heavy atom. The van der Waals surface area contributed by atoms with E-state index >= 15 is 0 Å². The molecule has 128 valence electrons. The summed E-state index contributed by atoms with van der Waals surface area (Å²) in [4.78, 5) is 30.0. The Hall–Kier alpha value is -2.27. The number of carbonyl (C=O) groups is 2. The molecular formula is C20H20N2O2S. The zero-order valence-electron chi connectivity index (χ0n) is 13.9. The molecule has 0 aliphatic carbocycles. The Balaban J connectivity index is 1.55. The monoisotopic (exact) mass is 352 g/mol. The Bertz CT molecular complexity index is 793. The van der Waals surface area contributed by atoms with Gasteiger partial charge in [0.2, 0.25) is 11.8 Å². The average Bonchev–Trinajstić information content (AvgIpc) is 3.15. The number of rotatable bonds is 3. The van der Waals surface area contributed by atoms with Crippen molar-refractivity contribution in [2.45, 2.75) is 23.8 Å². The average molecular weight is 352 g/mol. The van der Waals surface area contributed by atoms with E-state index in [1.165, 1.54) is 5.56 Å². The highest BCUT2D eigenvalue weighted by molar-refractivity contribution is 8.00. The number of likely N-dealkylation sites (tertiary alicyclic amines) is 1. The third-order valence-electron chi connectivity index (χ3n) is 4.86. The lowest BCUT2D eigenvalue weighted by molar-refractivity contribution is -0.132. The topological polar surface area (TPSA) is 40.6 Å². The molecule has 0 aromatic heterocycles. The molecule has 2 amide bonds. The van der Waals surface area contributed by atoms with Crippen LogP contribution in [0.1, 0.15) is 24.4 Å². The number of para-hydroxylation sites is 1. The van der Waals surface area contributed by atoms with Crippen molar-refractivity contribution in [3.8, 4) is 0 Å². The third kappa shape index (κ3) is 3.16. The summed E-state index contributed by atoms with van der Waals surface area (Å²) >= 11 is 1.54. The maximum absolute atomic E-state index is 13.0. The fourth-order valence-corrected chi connectivity index (χ4v) is 4.58. The summed E-state index contributed by atoms with van der Waals surface area (Å²) in [6.45, 7) is 0.885. The normalized spacial score (nSPS) is 19.8. The largest absolute Gasteiger partial charge is 0.334 e. The van der Waals surface area contributed by atoms with Crippen LogP contribution in [0.3, 0.4) is 0 Å². The number of anilines is 1. The van der Waals surface area contributed by atoms with Gasteiger partial charge in [-0.25, -0.2) is 0 Å². The molecule has 2 aromatic carbocycles. The van der Waals surface area contributed by atoms with Crippen LogP contribution < -0.4 is 4.90 Å². The maximum Gasteiger partial charge on any atom is 0.243 e. The van der Waals surface area contributed by atoms with Crippen LogP contribution in [0, 0.1) is 0 Å². The van der Waals surface area contributed by atoms with Crippen molar-refractivity contribution in [2.75, 3.05) is 23.7 Å². The molecular weight excluding hydrogens is 332 g/mol. The second-order valence-electron chi connectivity index (χ2n) is 6.39. The molecule has 0 bridgehead atoms. The van der Waals surface area contributed by atoms with Gasteiger partial charge in [-0.05, 0) is 30.5 Å². The predicted molar refractivity (Wildman–Crippen MR) is 99.6 cm³/mol. The summed E-state index contributed by atoms with van der Waals surface area (Å²) in [6.07, 6.45) is 1.99. The van der Waals surface area contributed by atoms with Gasteiger partial charge >= 0.3 is 0 Å². The molecule has 4 nitrogen and oxygen atoms in total. The maximum atomic E-state index is 13.0. The van der Waals surface area contributed by atoms with Crippen LogP contribution >= 0.6 is 11.8 Å². The fraction of sp³-hybridized carbons (Fsp3) is 0.300. The molecule has 1 unspecified atom stereocenters. The van der Waals surface area contributed by atoms with E-state index < -0.39 is 0 Å². The van der Waals surface area contributed by atoms with Crippen molar-refractivity contribution in [3.63, 3.8) is 0 Å². The van der Waals surface area contributed by atoms with Crippen molar-refractivity contribution in [1.29, 1.82) is 0 Å². The van der Waals surface area contributed by atoms with Gasteiger partial charge in [-0.3, -0.25) is 9.59 Å². The Morgan fingerprint density at radius 1 is 1.08 bits per heavy atom. The minimum absolute atomic E-state index is 0.00695. The van der Waals surface area contributed by atoms with Gasteiger partial charge in [0.15, 0.2) is 0 Å². The number of benzene rings is 2. The molecule has 2 aliphatic heterocycles. The minimum Gasteiger partial charge on any atom is -0.334 e. The second kappa shape index (κ2) is 6.92. The molecule has 0 spiro atoms. The highest BCUT2D eigenvalue weighted by atomic mass is 32.2. The van der Waals surface area contributed by atoms with E-state index in [1.54, 1.807) is 16.7 Å². The number of hydrogen-bond acceptors (Lipinski definition) is 3. The molecule has 1 fully saturated rings. The summed E-state index contributed by atoms with van der Waals surface area (Å²) in [5.41, 5.74) is 2.03. The number of amides is 2. The number of nitrogens with zero attached hydrogens (tertiary/aromatic N) is 2. The zero-order valence-corrected chi connectivity index (χ0v) is 14.7. The van der Waals surface area contributed by atoms with Crippen molar-refractivity contribution >= 4 is 29.3 Å². The van der Waals surface area contributed by atoms with Gasteiger partial charge in [0, 0.05) is 11.4 Å². The standard InChI is InChI=1S/C20H20N2O2S/c23-19(21-12-6-10-16(21)15-7-2-1-3-8-15)13-22-17-9-4-5-11-18(17)25-14-20(22)24/h1-5,7-9,11,16H,6,10,12-14H2. The first-order valence-corrected chi connectivity index (χ1v) is 9.59. The summed E-state index contributed by atoms with van der Waals surface area (Å²) in [5.74, 6) is 0.431. The molecule has 1 saturated heterocycles. The molecule has 2 heterocycles. The van der Waals surface area contributed by atoms with Crippen molar-refractivity contribution in [3.05, 3.63) is 60.2 Å². The number of hydrogen-bond donors (Lipinski definition) is 0. The number of carbonyl (C=O) groups excluding carboxylic acids is 2. The lowest BCUT2D eigenvalue weighted by Crippen LogP contribution is -2.44. The molecule has 4 rings (SSSR count). The quantitative estimate of drug-likeness (QED) is 0.849. The second-order valence-corrected chi connectivity index (χ2v) is 7.41. The first-order valence-electron chi connectivity index (χ1n) is 8.60. The summed E-state index contributed by atoms with van der Waals surface area (Å²) < 4.78 is 0. The molecule has 5 heteroatoms. The lowest BCUT2D eigenvalue weighted by atomic mass is 10.0. The van der Waals surface area contributed by atoms with E-state index in [9.17, 15) is 9.59 Å². The number of fused-ring (bicyclic) bond motifs is 1. The van der Waals surface area contributed by atoms with Crippen molar-refractivity contribution in [1.82, 2.24) is 4.90 Å². The van der Waals surface area contributed by atoms with Gasteiger partial charge < -0.3 is 9.80 Å². The van der Waals surface area contributed by atoms with E-state index in [2.05, 4.69) is 12.1 Å². The molecule has 1 atom stereocenters.